The standard InChI is InChI=1S/C27H18BrN3O/c28-21-13-10-19(11-14-21)24-25(26(32)20-7-2-1-3-8-20)31-22-9-5-4-6-18(22)12-15-23(31)27(24,16-29)17-30/h1-15,23-25H/t23-,24+,25+/m0/s1. The number of para-hydroxylation sites is 1. The smallest absolute Gasteiger partial charge is 0.185 e. The van der Waals surface area contributed by atoms with E-state index in [2.05, 4.69) is 28.1 Å². The summed E-state index contributed by atoms with van der Waals surface area (Å²) in [5, 5.41) is 20.8. The van der Waals surface area contributed by atoms with Crippen LogP contribution in [0, 0.1) is 28.1 Å². The fourth-order valence-corrected chi connectivity index (χ4v) is 5.32. The summed E-state index contributed by atoms with van der Waals surface area (Å²) in [5.74, 6) is -0.722. The first-order valence-electron chi connectivity index (χ1n) is 10.3. The lowest BCUT2D eigenvalue weighted by atomic mass is 9.69. The maximum absolute atomic E-state index is 14.0. The van der Waals surface area contributed by atoms with E-state index in [0.29, 0.717) is 5.56 Å². The Bertz CT molecular complexity index is 1290. The number of benzene rings is 3. The van der Waals surface area contributed by atoms with Crippen molar-refractivity contribution in [2.75, 3.05) is 4.90 Å². The highest BCUT2D eigenvalue weighted by Gasteiger charge is 2.63. The van der Waals surface area contributed by atoms with Gasteiger partial charge in [-0.25, -0.2) is 0 Å². The van der Waals surface area contributed by atoms with E-state index in [4.69, 9.17) is 0 Å². The fraction of sp³-hybridized carbons (Fsp3) is 0.148. The molecule has 3 atom stereocenters. The maximum atomic E-state index is 14.0. The van der Waals surface area contributed by atoms with Crippen LogP contribution in [0.15, 0.2) is 89.4 Å². The number of hydrogen-bond acceptors (Lipinski definition) is 4. The van der Waals surface area contributed by atoms with Crippen LogP contribution in [-0.2, 0) is 0 Å². The molecule has 0 aliphatic carbocycles. The molecule has 32 heavy (non-hydrogen) atoms. The third-order valence-corrected chi connectivity index (χ3v) is 7.00. The molecule has 0 bridgehead atoms. The highest BCUT2D eigenvalue weighted by molar-refractivity contribution is 9.10. The lowest BCUT2D eigenvalue weighted by Crippen LogP contribution is -2.44. The predicted octanol–water partition coefficient (Wildman–Crippen LogP) is 5.73. The summed E-state index contributed by atoms with van der Waals surface area (Å²) in [6.45, 7) is 0. The van der Waals surface area contributed by atoms with Gasteiger partial charge in [-0.1, -0.05) is 88.7 Å². The SMILES string of the molecule is N#CC1(C#N)[C@H](c2ccc(Br)cc2)[C@H](C(=O)c2ccccc2)N2c3ccccc3C=C[C@H]21. The Labute approximate surface area is 195 Å². The summed E-state index contributed by atoms with van der Waals surface area (Å²) in [6, 6.07) is 27.9. The summed E-state index contributed by atoms with van der Waals surface area (Å²) >= 11 is 3.46. The van der Waals surface area contributed by atoms with Gasteiger partial charge in [0.05, 0.1) is 18.2 Å². The lowest BCUT2D eigenvalue weighted by Gasteiger charge is -2.35. The Morgan fingerprint density at radius 3 is 2.25 bits per heavy atom. The van der Waals surface area contributed by atoms with Gasteiger partial charge >= 0.3 is 0 Å². The van der Waals surface area contributed by atoms with Crippen molar-refractivity contribution in [3.8, 4) is 12.1 Å². The van der Waals surface area contributed by atoms with E-state index in [1.54, 1.807) is 12.1 Å². The second-order valence-electron chi connectivity index (χ2n) is 8.07. The van der Waals surface area contributed by atoms with Crippen LogP contribution in [0.1, 0.15) is 27.4 Å². The average Bonchev–Trinajstić information content (AvgIpc) is 3.15. The zero-order chi connectivity index (χ0) is 22.3. The number of halogens is 1. The Morgan fingerprint density at radius 2 is 1.56 bits per heavy atom. The molecule has 3 aromatic rings. The number of anilines is 1. The van der Waals surface area contributed by atoms with Crippen molar-refractivity contribution < 1.29 is 4.79 Å². The molecule has 1 fully saturated rings. The highest BCUT2D eigenvalue weighted by atomic mass is 79.9. The van der Waals surface area contributed by atoms with Crippen molar-refractivity contribution in [3.63, 3.8) is 0 Å². The van der Waals surface area contributed by atoms with Crippen LogP contribution in [0.5, 0.6) is 0 Å². The Kier molecular flexibility index (Phi) is 4.93. The van der Waals surface area contributed by atoms with Gasteiger partial charge in [-0.2, -0.15) is 10.5 Å². The molecule has 0 amide bonds. The van der Waals surface area contributed by atoms with Crippen LogP contribution < -0.4 is 4.90 Å². The number of ketones is 1. The molecule has 2 heterocycles. The average molecular weight is 480 g/mol. The molecule has 3 aromatic carbocycles. The normalized spacial score (nSPS) is 22.3. The third kappa shape index (κ3) is 2.90. The van der Waals surface area contributed by atoms with Gasteiger partial charge < -0.3 is 4.90 Å². The van der Waals surface area contributed by atoms with Crippen molar-refractivity contribution in [1.29, 1.82) is 10.5 Å². The first-order chi connectivity index (χ1) is 15.6. The third-order valence-electron chi connectivity index (χ3n) is 6.47. The van der Waals surface area contributed by atoms with Crippen molar-refractivity contribution in [2.24, 2.45) is 5.41 Å². The molecule has 5 rings (SSSR count). The maximum Gasteiger partial charge on any atom is 0.185 e. The van der Waals surface area contributed by atoms with Crippen LogP contribution >= 0.6 is 15.9 Å². The first-order valence-corrected chi connectivity index (χ1v) is 11.1. The minimum absolute atomic E-state index is 0.0963. The molecule has 1 saturated heterocycles. The minimum Gasteiger partial charge on any atom is -0.351 e. The molecular weight excluding hydrogens is 462 g/mol. The molecule has 0 saturated carbocycles. The number of carbonyl (C=O) groups is 1. The molecule has 2 aliphatic heterocycles. The summed E-state index contributed by atoms with van der Waals surface area (Å²) < 4.78 is 0.896. The molecule has 0 spiro atoms. The van der Waals surface area contributed by atoms with E-state index in [1.165, 1.54) is 0 Å². The molecule has 0 N–H and O–H groups in total. The minimum atomic E-state index is -1.42. The van der Waals surface area contributed by atoms with Gasteiger partial charge in [-0.3, -0.25) is 4.79 Å². The van der Waals surface area contributed by atoms with Crippen LogP contribution in [-0.4, -0.2) is 17.9 Å². The van der Waals surface area contributed by atoms with E-state index >= 15 is 0 Å². The van der Waals surface area contributed by atoms with Gasteiger partial charge in [0.2, 0.25) is 0 Å². The zero-order valence-corrected chi connectivity index (χ0v) is 18.6. The Hall–Kier alpha value is -3.67. The quantitative estimate of drug-likeness (QED) is 0.449. The Balaban J connectivity index is 1.79. The van der Waals surface area contributed by atoms with Crippen LogP contribution in [0.4, 0.5) is 5.69 Å². The van der Waals surface area contributed by atoms with Gasteiger partial charge in [-0.05, 0) is 29.3 Å². The van der Waals surface area contributed by atoms with Crippen molar-refractivity contribution in [2.45, 2.75) is 18.0 Å². The number of carbonyl (C=O) groups excluding carboxylic acids is 1. The van der Waals surface area contributed by atoms with Crippen molar-refractivity contribution in [1.82, 2.24) is 0 Å². The molecule has 4 nitrogen and oxygen atoms in total. The van der Waals surface area contributed by atoms with E-state index in [-0.39, 0.29) is 5.78 Å². The molecule has 154 valence electrons. The van der Waals surface area contributed by atoms with E-state index in [0.717, 1.165) is 21.3 Å². The second kappa shape index (κ2) is 7.79. The summed E-state index contributed by atoms with van der Waals surface area (Å²) in [4.78, 5) is 16.0. The summed E-state index contributed by atoms with van der Waals surface area (Å²) in [6.07, 6.45) is 3.85. The van der Waals surface area contributed by atoms with Gasteiger partial charge in [0.25, 0.3) is 0 Å². The second-order valence-corrected chi connectivity index (χ2v) is 8.98. The zero-order valence-electron chi connectivity index (χ0n) is 17.0. The van der Waals surface area contributed by atoms with Crippen LogP contribution in [0.3, 0.4) is 0 Å². The summed E-state index contributed by atoms with van der Waals surface area (Å²) in [7, 11) is 0. The lowest BCUT2D eigenvalue weighted by molar-refractivity contribution is 0.0951. The van der Waals surface area contributed by atoms with Gasteiger partial charge in [-0.15, -0.1) is 0 Å². The van der Waals surface area contributed by atoms with Crippen LogP contribution in [0.25, 0.3) is 6.08 Å². The van der Waals surface area contributed by atoms with Gasteiger partial charge in [0.1, 0.15) is 6.04 Å². The topological polar surface area (TPSA) is 67.9 Å². The molecule has 5 heteroatoms. The number of fused-ring (bicyclic) bond motifs is 3. The number of Topliss-reactive ketones (excluding diaryl/α,β-unsaturated/α-hetero) is 1. The highest BCUT2D eigenvalue weighted by Crippen LogP contribution is 2.55. The monoisotopic (exact) mass is 479 g/mol. The predicted molar refractivity (Wildman–Crippen MR) is 127 cm³/mol. The molecule has 0 aromatic heterocycles. The number of nitriles is 2. The Morgan fingerprint density at radius 1 is 0.906 bits per heavy atom. The van der Waals surface area contributed by atoms with Gasteiger partial charge in [0.15, 0.2) is 11.2 Å². The fourth-order valence-electron chi connectivity index (χ4n) is 5.05. The van der Waals surface area contributed by atoms with Crippen LogP contribution in [0.2, 0.25) is 0 Å². The van der Waals surface area contributed by atoms with E-state index in [1.807, 2.05) is 83.8 Å². The van der Waals surface area contributed by atoms with E-state index < -0.39 is 23.4 Å². The van der Waals surface area contributed by atoms with Gasteiger partial charge in [0, 0.05) is 21.6 Å². The molecule has 0 unspecified atom stereocenters. The largest absolute Gasteiger partial charge is 0.351 e. The van der Waals surface area contributed by atoms with Crippen molar-refractivity contribution in [3.05, 3.63) is 106 Å². The number of hydrogen-bond donors (Lipinski definition) is 0. The van der Waals surface area contributed by atoms with E-state index in [9.17, 15) is 15.3 Å². The first kappa shape index (κ1) is 20.2. The summed E-state index contributed by atoms with van der Waals surface area (Å²) in [5.41, 5.74) is 1.77. The molecular formula is C27H18BrN3O. The molecule has 0 radical (unpaired) electrons. The number of rotatable bonds is 3. The number of nitrogens with zero attached hydrogens (tertiary/aromatic N) is 3. The molecule has 2 aliphatic rings. The van der Waals surface area contributed by atoms with Crippen molar-refractivity contribution >= 4 is 33.5 Å².